The van der Waals surface area contributed by atoms with Crippen molar-refractivity contribution in [1.29, 1.82) is 0 Å². The Hall–Kier alpha value is -1.06. The summed E-state index contributed by atoms with van der Waals surface area (Å²) in [6.45, 7) is 7.71. The predicted octanol–water partition coefficient (Wildman–Crippen LogP) is 2.91. The molecular formula is C14H25NO3. The van der Waals surface area contributed by atoms with E-state index in [1.807, 2.05) is 20.8 Å². The van der Waals surface area contributed by atoms with Crippen molar-refractivity contribution in [1.82, 2.24) is 5.32 Å². The molecule has 0 saturated heterocycles. The molecule has 0 heterocycles. The Labute approximate surface area is 109 Å². The van der Waals surface area contributed by atoms with Gasteiger partial charge in [-0.2, -0.15) is 0 Å². The van der Waals surface area contributed by atoms with Crippen LogP contribution in [-0.4, -0.2) is 24.0 Å². The van der Waals surface area contributed by atoms with Gasteiger partial charge in [-0.3, -0.25) is 4.79 Å². The summed E-state index contributed by atoms with van der Waals surface area (Å²) in [6.07, 6.45) is 3.84. The van der Waals surface area contributed by atoms with Crippen LogP contribution in [0, 0.1) is 11.8 Å². The lowest BCUT2D eigenvalue weighted by Crippen LogP contribution is -2.39. The molecule has 1 aliphatic rings. The molecule has 1 amide bonds. The van der Waals surface area contributed by atoms with E-state index in [0.717, 1.165) is 25.7 Å². The number of ether oxygens (including phenoxy) is 1. The van der Waals surface area contributed by atoms with Crippen molar-refractivity contribution in [2.75, 3.05) is 6.54 Å². The molecule has 0 aromatic carbocycles. The number of Topliss-reactive ketones (excluding diaryl/α,β-unsaturated/α-hetero) is 1. The highest BCUT2D eigenvalue weighted by atomic mass is 16.6. The summed E-state index contributed by atoms with van der Waals surface area (Å²) >= 11 is 0. The van der Waals surface area contributed by atoms with E-state index in [4.69, 9.17) is 4.74 Å². The van der Waals surface area contributed by atoms with E-state index in [9.17, 15) is 9.59 Å². The largest absolute Gasteiger partial charge is 0.444 e. The van der Waals surface area contributed by atoms with Crippen LogP contribution in [0.15, 0.2) is 0 Å². The summed E-state index contributed by atoms with van der Waals surface area (Å²) in [5, 5.41) is 2.78. The van der Waals surface area contributed by atoms with E-state index >= 15 is 0 Å². The Balaban J connectivity index is 2.41. The van der Waals surface area contributed by atoms with Gasteiger partial charge in [0.25, 0.3) is 0 Å². The molecule has 1 rings (SSSR count). The number of hydrogen-bond donors (Lipinski definition) is 1. The van der Waals surface area contributed by atoms with Gasteiger partial charge in [0.2, 0.25) is 0 Å². The van der Waals surface area contributed by atoms with Crippen LogP contribution in [0.25, 0.3) is 0 Å². The van der Waals surface area contributed by atoms with Crippen LogP contribution in [0.5, 0.6) is 0 Å². The molecule has 1 saturated carbocycles. The Morgan fingerprint density at radius 2 is 1.83 bits per heavy atom. The lowest BCUT2D eigenvalue weighted by molar-refractivity contribution is -0.123. The highest BCUT2D eigenvalue weighted by Crippen LogP contribution is 2.30. The van der Waals surface area contributed by atoms with Gasteiger partial charge in [-0.25, -0.2) is 4.79 Å². The number of nitrogens with one attached hydrogen (secondary N) is 1. The maximum atomic E-state index is 11.6. The van der Waals surface area contributed by atoms with E-state index in [-0.39, 0.29) is 17.6 Å². The van der Waals surface area contributed by atoms with Crippen LogP contribution in [-0.2, 0) is 9.53 Å². The van der Waals surface area contributed by atoms with Gasteiger partial charge >= 0.3 is 6.09 Å². The predicted molar refractivity (Wildman–Crippen MR) is 70.4 cm³/mol. The smallest absolute Gasteiger partial charge is 0.407 e. The third kappa shape index (κ3) is 5.07. The molecular weight excluding hydrogens is 230 g/mol. The minimum Gasteiger partial charge on any atom is -0.444 e. The van der Waals surface area contributed by atoms with Crippen LogP contribution in [0.4, 0.5) is 4.79 Å². The first kappa shape index (κ1) is 15.0. The molecule has 1 aliphatic carbocycles. The number of ketones is 1. The van der Waals surface area contributed by atoms with E-state index in [1.54, 1.807) is 6.92 Å². The molecule has 0 aromatic heterocycles. The van der Waals surface area contributed by atoms with Crippen molar-refractivity contribution in [3.05, 3.63) is 0 Å². The lowest BCUT2D eigenvalue weighted by Gasteiger charge is -2.30. The second kappa shape index (κ2) is 6.21. The SMILES string of the molecule is CC(=O)C1CCCCC1CNC(=O)OC(C)(C)C. The van der Waals surface area contributed by atoms with Crippen LogP contribution >= 0.6 is 0 Å². The molecule has 1 N–H and O–H groups in total. The molecule has 0 spiro atoms. The number of rotatable bonds is 3. The average Bonchev–Trinajstić information content (AvgIpc) is 2.24. The van der Waals surface area contributed by atoms with Crippen LogP contribution < -0.4 is 5.32 Å². The zero-order valence-electron chi connectivity index (χ0n) is 11.9. The molecule has 0 aliphatic heterocycles. The first-order valence-corrected chi connectivity index (χ1v) is 6.77. The molecule has 18 heavy (non-hydrogen) atoms. The fourth-order valence-corrected chi connectivity index (χ4v) is 2.52. The second-order valence-electron chi connectivity index (χ2n) is 6.14. The molecule has 0 radical (unpaired) electrons. The van der Waals surface area contributed by atoms with Gasteiger partial charge in [-0.05, 0) is 46.5 Å². The van der Waals surface area contributed by atoms with Gasteiger partial charge in [-0.15, -0.1) is 0 Å². The third-order valence-corrected chi connectivity index (χ3v) is 3.34. The summed E-state index contributed by atoms with van der Waals surface area (Å²) in [5.41, 5.74) is -0.476. The Bertz CT molecular complexity index is 307. The average molecular weight is 255 g/mol. The third-order valence-electron chi connectivity index (χ3n) is 3.34. The molecule has 4 nitrogen and oxygen atoms in total. The van der Waals surface area contributed by atoms with E-state index < -0.39 is 11.7 Å². The van der Waals surface area contributed by atoms with Gasteiger partial charge in [-0.1, -0.05) is 12.8 Å². The summed E-state index contributed by atoms with van der Waals surface area (Å²) in [7, 11) is 0. The number of carbonyl (C=O) groups is 2. The van der Waals surface area contributed by atoms with E-state index in [0.29, 0.717) is 6.54 Å². The standard InChI is InChI=1S/C14H25NO3/c1-10(16)12-8-6-5-7-11(12)9-15-13(17)18-14(2,3)4/h11-12H,5-9H2,1-4H3,(H,15,17). The fraction of sp³-hybridized carbons (Fsp3) is 0.857. The highest BCUT2D eigenvalue weighted by Gasteiger charge is 2.29. The number of carbonyl (C=O) groups excluding carboxylic acids is 2. The minimum absolute atomic E-state index is 0.105. The van der Waals surface area contributed by atoms with Crippen molar-refractivity contribution >= 4 is 11.9 Å². The summed E-state index contributed by atoms with van der Waals surface area (Å²) in [6, 6.07) is 0. The van der Waals surface area contributed by atoms with Gasteiger partial charge < -0.3 is 10.1 Å². The normalized spacial score (nSPS) is 24.4. The summed E-state index contributed by atoms with van der Waals surface area (Å²) in [4.78, 5) is 23.1. The van der Waals surface area contributed by atoms with Crippen molar-refractivity contribution in [2.45, 2.75) is 59.0 Å². The number of hydrogen-bond acceptors (Lipinski definition) is 3. The molecule has 0 bridgehead atoms. The van der Waals surface area contributed by atoms with Gasteiger partial charge in [0.1, 0.15) is 11.4 Å². The van der Waals surface area contributed by atoms with Crippen molar-refractivity contribution < 1.29 is 14.3 Å². The first-order chi connectivity index (χ1) is 8.29. The monoisotopic (exact) mass is 255 g/mol. The van der Waals surface area contributed by atoms with Gasteiger partial charge in [0.05, 0.1) is 0 Å². The Morgan fingerprint density at radius 3 is 2.39 bits per heavy atom. The summed E-state index contributed by atoms with van der Waals surface area (Å²) < 4.78 is 5.19. The highest BCUT2D eigenvalue weighted by molar-refractivity contribution is 5.78. The molecule has 4 heteroatoms. The molecule has 2 atom stereocenters. The first-order valence-electron chi connectivity index (χ1n) is 6.77. The van der Waals surface area contributed by atoms with Crippen molar-refractivity contribution in [3.63, 3.8) is 0 Å². The lowest BCUT2D eigenvalue weighted by atomic mass is 9.77. The second-order valence-corrected chi connectivity index (χ2v) is 6.14. The van der Waals surface area contributed by atoms with Crippen molar-refractivity contribution in [3.8, 4) is 0 Å². The molecule has 1 fully saturated rings. The van der Waals surface area contributed by atoms with Gasteiger partial charge in [0, 0.05) is 12.5 Å². The molecule has 104 valence electrons. The minimum atomic E-state index is -0.476. The molecule has 2 unspecified atom stereocenters. The number of amides is 1. The van der Waals surface area contributed by atoms with Crippen molar-refractivity contribution in [2.24, 2.45) is 11.8 Å². The maximum absolute atomic E-state index is 11.6. The van der Waals surface area contributed by atoms with E-state index in [2.05, 4.69) is 5.32 Å². The Morgan fingerprint density at radius 1 is 1.22 bits per heavy atom. The fourth-order valence-electron chi connectivity index (χ4n) is 2.52. The van der Waals surface area contributed by atoms with Crippen LogP contribution in [0.1, 0.15) is 53.4 Å². The van der Waals surface area contributed by atoms with Gasteiger partial charge in [0.15, 0.2) is 0 Å². The zero-order valence-corrected chi connectivity index (χ0v) is 11.9. The summed E-state index contributed by atoms with van der Waals surface area (Å²) in [5.74, 6) is 0.614. The molecule has 0 aromatic rings. The number of alkyl carbamates (subject to hydrolysis) is 1. The topological polar surface area (TPSA) is 55.4 Å². The Kier molecular flexibility index (Phi) is 5.17. The zero-order chi connectivity index (χ0) is 13.8. The quantitative estimate of drug-likeness (QED) is 0.843. The van der Waals surface area contributed by atoms with Crippen LogP contribution in [0.2, 0.25) is 0 Å². The van der Waals surface area contributed by atoms with E-state index in [1.165, 1.54) is 0 Å². The maximum Gasteiger partial charge on any atom is 0.407 e. The van der Waals surface area contributed by atoms with Crippen LogP contribution in [0.3, 0.4) is 0 Å².